The van der Waals surface area contributed by atoms with E-state index in [1.165, 1.54) is 0 Å². The Labute approximate surface area is 103 Å². The van der Waals surface area contributed by atoms with Crippen molar-refractivity contribution in [2.24, 2.45) is 0 Å². The molecule has 0 saturated carbocycles. The van der Waals surface area contributed by atoms with E-state index in [0.717, 1.165) is 22.0 Å². The zero-order valence-electron chi connectivity index (χ0n) is 8.95. The Kier molecular flexibility index (Phi) is 2.63. The maximum atomic E-state index is 4.41. The molecule has 3 aromatic heterocycles. The van der Waals surface area contributed by atoms with Crippen LogP contribution in [-0.2, 0) is 0 Å². The predicted octanol–water partition coefficient (Wildman–Crippen LogP) is 3.27. The van der Waals surface area contributed by atoms with Crippen molar-refractivity contribution in [3.8, 4) is 22.0 Å². The largest absolute Gasteiger partial charge is 0.255 e. The van der Waals surface area contributed by atoms with Gasteiger partial charge >= 0.3 is 0 Å². The van der Waals surface area contributed by atoms with Crippen molar-refractivity contribution in [2.75, 3.05) is 0 Å². The van der Waals surface area contributed by atoms with Gasteiger partial charge in [0.15, 0.2) is 0 Å². The molecule has 0 aliphatic rings. The van der Waals surface area contributed by atoms with Gasteiger partial charge in [0.05, 0.1) is 11.4 Å². The van der Waals surface area contributed by atoms with Gasteiger partial charge in [0.1, 0.15) is 5.01 Å². The number of rotatable bonds is 2. The van der Waals surface area contributed by atoms with E-state index in [1.54, 1.807) is 29.9 Å². The second-order valence-corrected chi connectivity index (χ2v) is 4.35. The van der Waals surface area contributed by atoms with Crippen molar-refractivity contribution in [2.45, 2.75) is 0 Å². The summed E-state index contributed by atoms with van der Waals surface area (Å²) in [6.07, 6.45) is 5.35. The maximum Gasteiger partial charge on any atom is 0.125 e. The Hall–Kier alpha value is -2.07. The Morgan fingerprint density at radius 3 is 2.53 bits per heavy atom. The predicted molar refractivity (Wildman–Crippen MR) is 68.6 cm³/mol. The normalized spacial score (nSPS) is 10.4. The van der Waals surface area contributed by atoms with Crippen molar-refractivity contribution >= 4 is 11.3 Å². The highest BCUT2D eigenvalue weighted by molar-refractivity contribution is 7.13. The quantitative estimate of drug-likeness (QED) is 0.689. The fraction of sp³-hybridized carbons (Fsp3) is 0. The molecule has 3 nitrogen and oxygen atoms in total. The molecule has 82 valence electrons. The molecule has 4 heteroatoms. The lowest BCUT2D eigenvalue weighted by molar-refractivity contribution is 1.24. The maximum absolute atomic E-state index is 4.41. The van der Waals surface area contributed by atoms with Crippen molar-refractivity contribution < 1.29 is 0 Å². The van der Waals surface area contributed by atoms with E-state index in [0.29, 0.717) is 0 Å². The minimum Gasteiger partial charge on any atom is -0.255 e. The van der Waals surface area contributed by atoms with Gasteiger partial charge in [0.2, 0.25) is 0 Å². The summed E-state index contributed by atoms with van der Waals surface area (Å²) in [5.41, 5.74) is 2.78. The van der Waals surface area contributed by atoms with E-state index in [4.69, 9.17) is 0 Å². The molecule has 3 heterocycles. The van der Waals surface area contributed by atoms with E-state index in [9.17, 15) is 0 Å². The molecular weight excluding hydrogens is 230 g/mol. The summed E-state index contributed by atoms with van der Waals surface area (Å²) in [5, 5.41) is 2.93. The van der Waals surface area contributed by atoms with Crippen molar-refractivity contribution in [3.05, 3.63) is 54.3 Å². The van der Waals surface area contributed by atoms with E-state index < -0.39 is 0 Å². The fourth-order valence-corrected chi connectivity index (χ4v) is 2.31. The van der Waals surface area contributed by atoms with Gasteiger partial charge in [-0.2, -0.15) is 0 Å². The lowest BCUT2D eigenvalue weighted by Crippen LogP contribution is -1.90. The number of hydrogen-bond donors (Lipinski definition) is 0. The Morgan fingerprint density at radius 1 is 0.824 bits per heavy atom. The van der Waals surface area contributed by atoms with Gasteiger partial charge in [0, 0.05) is 29.5 Å². The fourth-order valence-electron chi connectivity index (χ4n) is 1.64. The third-order valence-corrected chi connectivity index (χ3v) is 3.18. The van der Waals surface area contributed by atoms with Crippen LogP contribution in [0.5, 0.6) is 0 Å². The molecule has 0 aliphatic heterocycles. The summed E-state index contributed by atoms with van der Waals surface area (Å²) in [7, 11) is 0. The second kappa shape index (κ2) is 4.43. The average molecular weight is 239 g/mol. The summed E-state index contributed by atoms with van der Waals surface area (Å²) in [6.45, 7) is 0. The van der Waals surface area contributed by atoms with Gasteiger partial charge in [-0.1, -0.05) is 6.07 Å². The standard InChI is InChI=1S/C13H9N3S/c1-2-6-14-11(5-1)12-10(4-3-7-15-12)13-16-8-9-17-13/h1-9H. The van der Waals surface area contributed by atoms with Crippen molar-refractivity contribution in [1.82, 2.24) is 15.0 Å². The third-order valence-electron chi connectivity index (χ3n) is 2.38. The molecule has 0 atom stereocenters. The van der Waals surface area contributed by atoms with Gasteiger partial charge < -0.3 is 0 Å². The molecule has 0 fully saturated rings. The molecule has 3 rings (SSSR count). The van der Waals surface area contributed by atoms with E-state index in [-0.39, 0.29) is 0 Å². The summed E-state index contributed by atoms with van der Waals surface area (Å²) >= 11 is 1.61. The Balaban J connectivity index is 2.18. The van der Waals surface area contributed by atoms with Crippen molar-refractivity contribution in [3.63, 3.8) is 0 Å². The van der Waals surface area contributed by atoms with Crippen LogP contribution in [0.15, 0.2) is 54.3 Å². The summed E-state index contributed by atoms with van der Waals surface area (Å²) < 4.78 is 0. The molecule has 17 heavy (non-hydrogen) atoms. The van der Waals surface area contributed by atoms with Crippen LogP contribution < -0.4 is 0 Å². The minimum atomic E-state index is 0.873. The number of thiazole rings is 1. The number of pyridine rings is 2. The average Bonchev–Trinajstić information content (AvgIpc) is 2.94. The molecule has 0 amide bonds. The van der Waals surface area contributed by atoms with Crippen LogP contribution in [0, 0.1) is 0 Å². The summed E-state index contributed by atoms with van der Waals surface area (Å²) in [4.78, 5) is 13.1. The molecule has 3 aromatic rings. The molecule has 0 radical (unpaired) electrons. The van der Waals surface area contributed by atoms with Gasteiger partial charge in [-0.05, 0) is 24.3 Å². The third kappa shape index (κ3) is 1.94. The topological polar surface area (TPSA) is 38.7 Å². The second-order valence-electron chi connectivity index (χ2n) is 3.45. The van der Waals surface area contributed by atoms with Gasteiger partial charge in [0.25, 0.3) is 0 Å². The molecular formula is C13H9N3S. The summed E-state index contributed by atoms with van der Waals surface area (Å²) in [6, 6.07) is 9.76. The summed E-state index contributed by atoms with van der Waals surface area (Å²) in [5.74, 6) is 0. The smallest absolute Gasteiger partial charge is 0.125 e. The number of aromatic nitrogens is 3. The Morgan fingerprint density at radius 2 is 1.76 bits per heavy atom. The lowest BCUT2D eigenvalue weighted by atomic mass is 10.1. The molecule has 0 saturated heterocycles. The van der Waals surface area contributed by atoms with Crippen LogP contribution in [0.1, 0.15) is 0 Å². The molecule has 0 aliphatic carbocycles. The van der Waals surface area contributed by atoms with Crippen LogP contribution in [-0.4, -0.2) is 15.0 Å². The highest BCUT2D eigenvalue weighted by Gasteiger charge is 2.10. The van der Waals surface area contributed by atoms with Crippen LogP contribution in [0.25, 0.3) is 22.0 Å². The SMILES string of the molecule is c1ccc(-c2ncccc2-c2nccs2)nc1. The van der Waals surface area contributed by atoms with Crippen LogP contribution in [0.4, 0.5) is 0 Å². The molecule has 0 N–H and O–H groups in total. The minimum absolute atomic E-state index is 0.873. The zero-order chi connectivity index (χ0) is 11.5. The van der Waals surface area contributed by atoms with Gasteiger partial charge in [-0.3, -0.25) is 9.97 Å². The molecule has 0 aromatic carbocycles. The van der Waals surface area contributed by atoms with Crippen LogP contribution >= 0.6 is 11.3 Å². The molecule has 0 spiro atoms. The highest BCUT2D eigenvalue weighted by Crippen LogP contribution is 2.29. The lowest BCUT2D eigenvalue weighted by Gasteiger charge is -2.04. The zero-order valence-corrected chi connectivity index (χ0v) is 9.76. The monoisotopic (exact) mass is 239 g/mol. The Bertz CT molecular complexity index is 606. The van der Waals surface area contributed by atoms with E-state index in [2.05, 4.69) is 15.0 Å². The van der Waals surface area contributed by atoms with Crippen LogP contribution in [0.3, 0.4) is 0 Å². The van der Waals surface area contributed by atoms with Gasteiger partial charge in [-0.15, -0.1) is 11.3 Å². The number of hydrogen-bond acceptors (Lipinski definition) is 4. The first-order valence-electron chi connectivity index (χ1n) is 5.21. The first-order valence-corrected chi connectivity index (χ1v) is 6.09. The van der Waals surface area contributed by atoms with Crippen LogP contribution in [0.2, 0.25) is 0 Å². The molecule has 0 unspecified atom stereocenters. The highest BCUT2D eigenvalue weighted by atomic mass is 32.1. The van der Waals surface area contributed by atoms with E-state index in [1.807, 2.05) is 35.7 Å². The first-order chi connectivity index (χ1) is 8.45. The molecule has 0 bridgehead atoms. The van der Waals surface area contributed by atoms with Crippen molar-refractivity contribution in [1.29, 1.82) is 0 Å². The van der Waals surface area contributed by atoms with Gasteiger partial charge in [-0.25, -0.2) is 4.98 Å². The number of nitrogens with zero attached hydrogens (tertiary/aromatic N) is 3. The van der Waals surface area contributed by atoms with E-state index >= 15 is 0 Å². The first kappa shape index (κ1) is 10.1.